The van der Waals surface area contributed by atoms with E-state index in [1.165, 1.54) is 19.3 Å². The van der Waals surface area contributed by atoms with E-state index in [-0.39, 0.29) is 0 Å². The highest BCUT2D eigenvalue weighted by Crippen LogP contribution is 2.19. The first-order chi connectivity index (χ1) is 10.2. The summed E-state index contributed by atoms with van der Waals surface area (Å²) < 4.78 is 5.64. The normalized spacial score (nSPS) is 21.2. The molecule has 0 radical (unpaired) electrons. The first-order valence-electron chi connectivity index (χ1n) is 8.03. The Bertz CT molecular complexity index is 408. The van der Waals surface area contributed by atoms with Crippen molar-refractivity contribution in [1.82, 2.24) is 4.90 Å². The van der Waals surface area contributed by atoms with Crippen LogP contribution in [0.5, 0.6) is 5.75 Å². The van der Waals surface area contributed by atoms with Gasteiger partial charge in [-0.3, -0.25) is 0 Å². The number of aliphatic hydroxyl groups excluding tert-OH is 1. The Morgan fingerprint density at radius 3 is 2.81 bits per heavy atom. The Morgan fingerprint density at radius 1 is 1.38 bits per heavy atom. The molecule has 2 unspecified atom stereocenters. The van der Waals surface area contributed by atoms with Gasteiger partial charge in [-0.1, -0.05) is 25.5 Å². The second kappa shape index (κ2) is 8.37. The van der Waals surface area contributed by atoms with Crippen molar-refractivity contribution in [2.75, 3.05) is 26.2 Å². The number of ether oxygens (including phenoxy) is 1. The van der Waals surface area contributed by atoms with Crippen molar-refractivity contribution in [3.63, 3.8) is 0 Å². The molecule has 1 heterocycles. The zero-order chi connectivity index (χ0) is 15.1. The molecule has 0 saturated carbocycles. The molecule has 1 saturated heterocycles. The third-order valence-corrected chi connectivity index (χ3v) is 4.25. The molecule has 4 nitrogen and oxygen atoms in total. The number of aliphatic hydroxyl groups is 1. The zero-order valence-electron chi connectivity index (χ0n) is 13.0. The van der Waals surface area contributed by atoms with Gasteiger partial charge in [0, 0.05) is 19.6 Å². The Balaban J connectivity index is 1.72. The molecule has 4 heteroatoms. The Labute approximate surface area is 127 Å². The quantitative estimate of drug-likeness (QED) is 0.807. The molecule has 1 aliphatic heterocycles. The lowest BCUT2D eigenvalue weighted by Gasteiger charge is -2.33. The van der Waals surface area contributed by atoms with E-state index < -0.39 is 6.10 Å². The van der Waals surface area contributed by atoms with Crippen molar-refractivity contribution >= 4 is 0 Å². The van der Waals surface area contributed by atoms with E-state index in [0.29, 0.717) is 19.7 Å². The maximum atomic E-state index is 10.1. The highest BCUT2D eigenvalue weighted by Gasteiger charge is 2.20. The van der Waals surface area contributed by atoms with Crippen LogP contribution in [-0.4, -0.2) is 42.4 Å². The molecule has 2 rings (SSSR count). The van der Waals surface area contributed by atoms with Crippen LogP contribution in [0, 0.1) is 5.92 Å². The van der Waals surface area contributed by atoms with Crippen LogP contribution < -0.4 is 10.5 Å². The first kappa shape index (κ1) is 16.3. The molecule has 1 aromatic carbocycles. The topological polar surface area (TPSA) is 58.7 Å². The minimum absolute atomic E-state index is 0.343. The van der Waals surface area contributed by atoms with Crippen molar-refractivity contribution in [3.8, 4) is 5.75 Å². The molecule has 1 fully saturated rings. The van der Waals surface area contributed by atoms with Gasteiger partial charge in [0.1, 0.15) is 18.5 Å². The van der Waals surface area contributed by atoms with Crippen molar-refractivity contribution in [3.05, 3.63) is 29.8 Å². The molecule has 2 atom stereocenters. The van der Waals surface area contributed by atoms with E-state index in [4.69, 9.17) is 10.5 Å². The summed E-state index contributed by atoms with van der Waals surface area (Å²) in [6.45, 7) is 6.04. The molecule has 21 heavy (non-hydrogen) atoms. The molecule has 0 aliphatic carbocycles. The van der Waals surface area contributed by atoms with Gasteiger partial charge in [0.2, 0.25) is 0 Å². The summed E-state index contributed by atoms with van der Waals surface area (Å²) in [4.78, 5) is 2.36. The van der Waals surface area contributed by atoms with Crippen molar-refractivity contribution in [1.29, 1.82) is 0 Å². The van der Waals surface area contributed by atoms with Crippen LogP contribution in [0.3, 0.4) is 0 Å². The minimum atomic E-state index is -0.435. The fraction of sp³-hybridized carbons (Fsp3) is 0.647. The monoisotopic (exact) mass is 292 g/mol. The van der Waals surface area contributed by atoms with Gasteiger partial charge in [0.15, 0.2) is 0 Å². The fourth-order valence-corrected chi connectivity index (χ4v) is 2.92. The summed E-state index contributed by atoms with van der Waals surface area (Å²) >= 11 is 0. The molecular formula is C17H28N2O2. The van der Waals surface area contributed by atoms with Gasteiger partial charge in [0.05, 0.1) is 0 Å². The lowest BCUT2D eigenvalue weighted by molar-refractivity contribution is 0.0515. The highest BCUT2D eigenvalue weighted by molar-refractivity contribution is 5.27. The van der Waals surface area contributed by atoms with Gasteiger partial charge >= 0.3 is 0 Å². The third kappa shape index (κ3) is 5.30. The second-order valence-electron chi connectivity index (χ2n) is 5.99. The summed E-state index contributed by atoms with van der Waals surface area (Å²) in [5.41, 5.74) is 6.65. The molecular weight excluding hydrogens is 264 g/mol. The molecule has 0 aromatic heterocycles. The van der Waals surface area contributed by atoms with Crippen LogP contribution in [-0.2, 0) is 6.54 Å². The van der Waals surface area contributed by atoms with Gasteiger partial charge in [-0.05, 0) is 43.0 Å². The maximum Gasteiger partial charge on any atom is 0.119 e. The largest absolute Gasteiger partial charge is 0.491 e. The van der Waals surface area contributed by atoms with Crippen LogP contribution in [0.2, 0.25) is 0 Å². The summed E-state index contributed by atoms with van der Waals surface area (Å²) in [6, 6.07) is 7.72. The fourth-order valence-electron chi connectivity index (χ4n) is 2.92. The van der Waals surface area contributed by atoms with Crippen LogP contribution in [0.1, 0.15) is 31.7 Å². The van der Waals surface area contributed by atoms with Crippen molar-refractivity contribution in [2.45, 2.75) is 38.8 Å². The maximum absolute atomic E-state index is 10.1. The van der Waals surface area contributed by atoms with E-state index in [1.54, 1.807) is 0 Å². The highest BCUT2D eigenvalue weighted by atomic mass is 16.5. The van der Waals surface area contributed by atoms with Crippen LogP contribution in [0.25, 0.3) is 0 Å². The summed E-state index contributed by atoms with van der Waals surface area (Å²) in [5, 5.41) is 10.1. The predicted octanol–water partition coefficient (Wildman–Crippen LogP) is 2.01. The molecule has 0 spiro atoms. The van der Waals surface area contributed by atoms with Crippen LogP contribution in [0.15, 0.2) is 24.3 Å². The number of likely N-dealkylation sites (tertiary alicyclic amines) is 1. The summed E-state index contributed by atoms with van der Waals surface area (Å²) in [7, 11) is 0. The summed E-state index contributed by atoms with van der Waals surface area (Å²) in [5.74, 6) is 1.58. The minimum Gasteiger partial charge on any atom is -0.491 e. The van der Waals surface area contributed by atoms with Crippen molar-refractivity contribution < 1.29 is 9.84 Å². The molecule has 0 amide bonds. The zero-order valence-corrected chi connectivity index (χ0v) is 13.0. The van der Waals surface area contributed by atoms with E-state index in [2.05, 4.69) is 11.8 Å². The number of rotatable bonds is 7. The lowest BCUT2D eigenvalue weighted by Crippen LogP contribution is -2.41. The smallest absolute Gasteiger partial charge is 0.119 e. The SMILES string of the molecule is CCC1CCCN(CC(O)COc2ccc(CN)cc2)C1. The number of hydrogen-bond donors (Lipinski definition) is 2. The predicted molar refractivity (Wildman–Crippen MR) is 85.3 cm³/mol. The Hall–Kier alpha value is -1.10. The van der Waals surface area contributed by atoms with Gasteiger partial charge in [-0.15, -0.1) is 0 Å². The van der Waals surface area contributed by atoms with Gasteiger partial charge in [0.25, 0.3) is 0 Å². The average molecular weight is 292 g/mol. The number of nitrogens with two attached hydrogens (primary N) is 1. The number of benzene rings is 1. The van der Waals surface area contributed by atoms with Crippen LogP contribution >= 0.6 is 0 Å². The standard InChI is InChI=1S/C17H28N2O2/c1-2-14-4-3-9-19(11-14)12-16(20)13-21-17-7-5-15(10-18)6-8-17/h5-8,14,16,20H,2-4,9-13,18H2,1H3. The second-order valence-corrected chi connectivity index (χ2v) is 5.99. The molecule has 0 bridgehead atoms. The van der Waals surface area contributed by atoms with E-state index in [0.717, 1.165) is 30.3 Å². The van der Waals surface area contributed by atoms with Gasteiger partial charge < -0.3 is 20.5 Å². The van der Waals surface area contributed by atoms with E-state index >= 15 is 0 Å². The van der Waals surface area contributed by atoms with E-state index in [1.807, 2.05) is 24.3 Å². The first-order valence-corrected chi connectivity index (χ1v) is 8.03. The third-order valence-electron chi connectivity index (χ3n) is 4.25. The molecule has 1 aromatic rings. The number of β-amino-alcohol motifs (C(OH)–C–C–N with tert-alkyl or cyclic N) is 1. The molecule has 3 N–H and O–H groups in total. The number of hydrogen-bond acceptors (Lipinski definition) is 4. The van der Waals surface area contributed by atoms with Gasteiger partial charge in [-0.2, -0.15) is 0 Å². The Morgan fingerprint density at radius 2 is 2.14 bits per heavy atom. The van der Waals surface area contributed by atoms with E-state index in [9.17, 15) is 5.11 Å². The molecule has 1 aliphatic rings. The van der Waals surface area contributed by atoms with Crippen molar-refractivity contribution in [2.24, 2.45) is 11.7 Å². The summed E-state index contributed by atoms with van der Waals surface area (Å²) in [6.07, 6.45) is 3.37. The number of nitrogens with zero attached hydrogens (tertiary/aromatic N) is 1. The Kier molecular flexibility index (Phi) is 6.49. The lowest BCUT2D eigenvalue weighted by atomic mass is 9.95. The van der Waals surface area contributed by atoms with Gasteiger partial charge in [-0.25, -0.2) is 0 Å². The average Bonchev–Trinajstić information content (AvgIpc) is 2.53. The van der Waals surface area contributed by atoms with Crippen LogP contribution in [0.4, 0.5) is 0 Å². The molecule has 118 valence electrons. The number of piperidine rings is 1.